The number of allylic oxidation sites excluding steroid dienone is 1. The molecule has 1 heterocycles. The zero-order valence-electron chi connectivity index (χ0n) is 32.5. The summed E-state index contributed by atoms with van der Waals surface area (Å²) in [6.07, 6.45) is 1.82. The molecule has 0 N–H and O–H groups in total. The van der Waals surface area contributed by atoms with Crippen LogP contribution in [0.15, 0.2) is 224 Å². The molecule has 60 heavy (non-hydrogen) atoms. The van der Waals surface area contributed by atoms with E-state index in [1.165, 1.54) is 11.1 Å². The van der Waals surface area contributed by atoms with Crippen LogP contribution in [0.5, 0.6) is 0 Å². The molecule has 4 heteroatoms. The summed E-state index contributed by atoms with van der Waals surface area (Å²) >= 11 is 1.57. The molecule has 0 aliphatic heterocycles. The highest BCUT2D eigenvalue weighted by atomic mass is 32.1. The van der Waals surface area contributed by atoms with E-state index in [0.29, 0.717) is 11.1 Å². The number of benzene rings is 8. The first-order valence-electron chi connectivity index (χ1n) is 20.0. The van der Waals surface area contributed by atoms with Gasteiger partial charge in [-0.2, -0.15) is 0 Å². The Kier molecular flexibility index (Phi) is 9.74. The Morgan fingerprint density at radius 1 is 0.333 bits per heavy atom. The van der Waals surface area contributed by atoms with Gasteiger partial charge in [-0.15, -0.1) is 11.3 Å². The van der Waals surface area contributed by atoms with Gasteiger partial charge in [0, 0.05) is 32.9 Å². The van der Waals surface area contributed by atoms with Crippen LogP contribution in [0, 0.1) is 0 Å². The van der Waals surface area contributed by atoms with Crippen molar-refractivity contribution in [2.45, 2.75) is 0 Å². The van der Waals surface area contributed by atoms with Crippen molar-refractivity contribution in [3.8, 4) is 55.6 Å². The molecule has 0 amide bonds. The molecular formula is C56H37NO2S. The van der Waals surface area contributed by atoms with Crippen LogP contribution in [0.1, 0.15) is 25.6 Å². The van der Waals surface area contributed by atoms with Crippen LogP contribution in [-0.4, -0.2) is 11.6 Å². The van der Waals surface area contributed by atoms with E-state index in [4.69, 9.17) is 0 Å². The third-order valence-corrected chi connectivity index (χ3v) is 12.1. The van der Waals surface area contributed by atoms with E-state index in [-0.39, 0.29) is 17.1 Å². The van der Waals surface area contributed by atoms with E-state index in [1.807, 2.05) is 66.7 Å². The lowest BCUT2D eigenvalue weighted by atomic mass is 9.92. The van der Waals surface area contributed by atoms with Crippen molar-refractivity contribution in [2.24, 2.45) is 0 Å². The van der Waals surface area contributed by atoms with Gasteiger partial charge in [-0.05, 0) is 105 Å². The van der Waals surface area contributed by atoms with Gasteiger partial charge in [0.1, 0.15) is 5.00 Å². The lowest BCUT2D eigenvalue weighted by molar-refractivity contribution is 0.0990. The number of rotatable bonds is 9. The average Bonchev–Trinajstić information content (AvgIpc) is 3.84. The Balaban J connectivity index is 1.17. The summed E-state index contributed by atoms with van der Waals surface area (Å²) in [6.45, 7) is 0. The fraction of sp³-hybridized carbons (Fsp3) is 0. The first-order chi connectivity index (χ1) is 29.6. The minimum atomic E-state index is -0.245. The predicted molar refractivity (Wildman–Crippen MR) is 249 cm³/mol. The maximum atomic E-state index is 13.9. The molecule has 0 spiro atoms. The van der Waals surface area contributed by atoms with Crippen LogP contribution in [0.4, 0.5) is 16.4 Å². The van der Waals surface area contributed by atoms with Crippen LogP contribution >= 0.6 is 11.3 Å². The van der Waals surface area contributed by atoms with E-state index >= 15 is 0 Å². The van der Waals surface area contributed by atoms with Crippen LogP contribution in [0.25, 0.3) is 61.7 Å². The van der Waals surface area contributed by atoms with Gasteiger partial charge in [0.15, 0.2) is 11.6 Å². The molecule has 3 nitrogen and oxygen atoms in total. The first-order valence-corrected chi connectivity index (χ1v) is 20.8. The molecule has 0 atom stereocenters. The van der Waals surface area contributed by atoms with Crippen molar-refractivity contribution in [3.05, 3.63) is 240 Å². The summed E-state index contributed by atoms with van der Waals surface area (Å²) < 4.78 is 0. The minimum absolute atomic E-state index is 0.182. The molecule has 0 saturated heterocycles. The van der Waals surface area contributed by atoms with Crippen LogP contribution in [0.3, 0.4) is 0 Å². The van der Waals surface area contributed by atoms with Gasteiger partial charge in [-0.25, -0.2) is 0 Å². The molecular weight excluding hydrogens is 751 g/mol. The lowest BCUT2D eigenvalue weighted by Crippen LogP contribution is -2.07. The summed E-state index contributed by atoms with van der Waals surface area (Å²) in [6, 6.07) is 74.9. The Morgan fingerprint density at radius 2 is 0.683 bits per heavy atom. The quantitative estimate of drug-likeness (QED) is 0.108. The summed E-state index contributed by atoms with van der Waals surface area (Å²) in [5.74, 6) is -0.489. The Hall–Kier alpha value is -7.66. The fourth-order valence-electron chi connectivity index (χ4n) is 8.01. The minimum Gasteiger partial charge on any atom is -0.302 e. The number of ketones is 2. The number of para-hydroxylation sites is 2. The molecule has 0 saturated carbocycles. The number of carbonyl (C=O) groups excluding carboxylic acids is 2. The van der Waals surface area contributed by atoms with Crippen molar-refractivity contribution in [1.82, 2.24) is 0 Å². The topological polar surface area (TPSA) is 37.4 Å². The Morgan fingerprint density at radius 3 is 1.12 bits per heavy atom. The zero-order chi connectivity index (χ0) is 40.4. The fourth-order valence-corrected chi connectivity index (χ4v) is 9.18. The van der Waals surface area contributed by atoms with E-state index in [2.05, 4.69) is 150 Å². The Labute approximate surface area is 353 Å². The van der Waals surface area contributed by atoms with Gasteiger partial charge in [0.25, 0.3) is 0 Å². The monoisotopic (exact) mass is 787 g/mol. The lowest BCUT2D eigenvalue weighted by Gasteiger charge is -2.23. The molecule has 0 bridgehead atoms. The number of carbonyl (C=O) groups is 2. The van der Waals surface area contributed by atoms with Crippen LogP contribution in [-0.2, 0) is 0 Å². The first kappa shape index (κ1) is 36.7. The molecule has 0 radical (unpaired) electrons. The number of anilines is 3. The third kappa shape index (κ3) is 7.10. The summed E-state index contributed by atoms with van der Waals surface area (Å²) in [5, 5.41) is 0.955. The molecule has 0 fully saturated rings. The second-order valence-corrected chi connectivity index (χ2v) is 15.9. The second kappa shape index (κ2) is 15.9. The standard InChI is InChI=1S/C56H37NO2S/c58-55-49-23-13-14-24-50(49)56(59)52(55)36-53-51(37-54(60-53)57(47-19-9-3-10-20-47)48-21-11-4-12-22-48)46-34-44(42-29-25-40(26-30-42)38-15-5-1-6-16-38)33-45(35-46)43-31-27-41(28-32-43)39-17-7-2-8-18-39/h1-37H. The van der Waals surface area contributed by atoms with Crippen molar-refractivity contribution < 1.29 is 9.59 Å². The molecule has 1 aliphatic rings. The SMILES string of the molecule is O=C1C(=Cc2sc(N(c3ccccc3)c3ccccc3)cc2-c2cc(-c3ccc(-c4ccccc4)cc3)cc(-c3ccc(-c4ccccc4)cc3)c2)C(=O)c2ccccc21. The smallest absolute Gasteiger partial charge is 0.197 e. The maximum absolute atomic E-state index is 13.9. The highest BCUT2D eigenvalue weighted by Crippen LogP contribution is 2.46. The van der Waals surface area contributed by atoms with Crippen LogP contribution < -0.4 is 4.90 Å². The molecule has 9 aromatic rings. The number of nitrogens with zero attached hydrogens (tertiary/aromatic N) is 1. The van der Waals surface area contributed by atoms with Crippen molar-refractivity contribution >= 4 is 45.4 Å². The maximum Gasteiger partial charge on any atom is 0.197 e. The molecule has 1 aromatic heterocycles. The number of hydrogen-bond acceptors (Lipinski definition) is 4. The summed E-state index contributed by atoms with van der Waals surface area (Å²) in [7, 11) is 0. The third-order valence-electron chi connectivity index (χ3n) is 11.1. The van der Waals surface area contributed by atoms with Crippen molar-refractivity contribution in [1.29, 1.82) is 0 Å². The van der Waals surface area contributed by atoms with E-state index in [1.54, 1.807) is 23.5 Å². The van der Waals surface area contributed by atoms with Gasteiger partial charge in [-0.3, -0.25) is 9.59 Å². The number of Topliss-reactive ketones (excluding diaryl/α,β-unsaturated/α-hetero) is 2. The Bertz CT molecular complexity index is 2850. The van der Waals surface area contributed by atoms with E-state index in [0.717, 1.165) is 65.8 Å². The van der Waals surface area contributed by atoms with Crippen molar-refractivity contribution in [3.63, 3.8) is 0 Å². The number of thiophene rings is 1. The number of hydrogen-bond donors (Lipinski definition) is 0. The summed E-state index contributed by atoms with van der Waals surface area (Å²) in [4.78, 5) is 30.8. The highest BCUT2D eigenvalue weighted by Gasteiger charge is 2.33. The number of fused-ring (bicyclic) bond motifs is 1. The molecule has 284 valence electrons. The molecule has 0 unspecified atom stereocenters. The average molecular weight is 788 g/mol. The largest absolute Gasteiger partial charge is 0.302 e. The van der Waals surface area contributed by atoms with E-state index < -0.39 is 0 Å². The zero-order valence-corrected chi connectivity index (χ0v) is 33.4. The van der Waals surface area contributed by atoms with Gasteiger partial charge in [0.05, 0.1) is 5.57 Å². The predicted octanol–water partition coefficient (Wildman–Crippen LogP) is 15.0. The molecule has 10 rings (SSSR count). The normalized spacial score (nSPS) is 12.0. The van der Waals surface area contributed by atoms with Gasteiger partial charge in [-0.1, -0.05) is 170 Å². The molecule has 8 aromatic carbocycles. The highest BCUT2D eigenvalue weighted by molar-refractivity contribution is 7.17. The molecule has 1 aliphatic carbocycles. The second-order valence-electron chi connectivity index (χ2n) is 14.8. The van der Waals surface area contributed by atoms with Gasteiger partial charge >= 0.3 is 0 Å². The van der Waals surface area contributed by atoms with Gasteiger partial charge < -0.3 is 4.90 Å². The van der Waals surface area contributed by atoms with Gasteiger partial charge in [0.2, 0.25) is 0 Å². The van der Waals surface area contributed by atoms with E-state index in [9.17, 15) is 9.59 Å². The van der Waals surface area contributed by atoms with Crippen LogP contribution in [0.2, 0.25) is 0 Å². The van der Waals surface area contributed by atoms with Crippen molar-refractivity contribution in [2.75, 3.05) is 4.90 Å². The summed E-state index contributed by atoms with van der Waals surface area (Å²) in [5.41, 5.74) is 13.9.